The van der Waals surface area contributed by atoms with E-state index in [0.29, 0.717) is 13.0 Å². The van der Waals surface area contributed by atoms with Crippen molar-refractivity contribution >= 4 is 5.69 Å². The first-order valence-electron chi connectivity index (χ1n) is 6.39. The van der Waals surface area contributed by atoms with Gasteiger partial charge in [0.2, 0.25) is 0 Å². The van der Waals surface area contributed by atoms with Crippen LogP contribution in [0.25, 0.3) is 0 Å². The first kappa shape index (κ1) is 14.9. The molecule has 0 bridgehead atoms. The SMILES string of the molecule is CN(C)CCCN(C)c1ccc(F)cc1CCN. The van der Waals surface area contributed by atoms with Crippen molar-refractivity contribution < 1.29 is 4.39 Å². The van der Waals surface area contributed by atoms with Gasteiger partial charge in [0.05, 0.1) is 0 Å². The predicted molar refractivity (Wildman–Crippen MR) is 75.6 cm³/mol. The number of nitrogens with two attached hydrogens (primary N) is 1. The van der Waals surface area contributed by atoms with Crippen LogP contribution < -0.4 is 10.6 Å². The van der Waals surface area contributed by atoms with E-state index < -0.39 is 0 Å². The van der Waals surface area contributed by atoms with Gasteiger partial charge in [-0.1, -0.05) is 0 Å². The second-order valence-electron chi connectivity index (χ2n) is 4.89. The van der Waals surface area contributed by atoms with Crippen LogP contribution in [0.1, 0.15) is 12.0 Å². The maximum Gasteiger partial charge on any atom is 0.123 e. The van der Waals surface area contributed by atoms with Crippen LogP contribution in [0.15, 0.2) is 18.2 Å². The maximum absolute atomic E-state index is 13.2. The first-order chi connectivity index (χ1) is 8.54. The molecule has 0 atom stereocenters. The topological polar surface area (TPSA) is 32.5 Å². The van der Waals surface area contributed by atoms with Gasteiger partial charge in [0.25, 0.3) is 0 Å². The molecule has 0 aliphatic carbocycles. The summed E-state index contributed by atoms with van der Waals surface area (Å²) in [5.74, 6) is -0.191. The van der Waals surface area contributed by atoms with Crippen LogP contribution in [-0.2, 0) is 6.42 Å². The lowest BCUT2D eigenvalue weighted by Crippen LogP contribution is -2.24. The molecule has 1 aromatic carbocycles. The minimum absolute atomic E-state index is 0.191. The monoisotopic (exact) mass is 253 g/mol. The Hall–Kier alpha value is -1.13. The van der Waals surface area contributed by atoms with Crippen LogP contribution in [0.4, 0.5) is 10.1 Å². The molecule has 0 unspecified atom stereocenters. The largest absolute Gasteiger partial charge is 0.374 e. The number of hydrogen-bond acceptors (Lipinski definition) is 3. The van der Waals surface area contributed by atoms with Gasteiger partial charge >= 0.3 is 0 Å². The standard InChI is InChI=1S/C14H24FN3/c1-17(2)9-4-10-18(3)14-6-5-13(15)11-12(14)7-8-16/h5-6,11H,4,7-10,16H2,1-3H3. The molecule has 0 spiro atoms. The van der Waals surface area contributed by atoms with Crippen molar-refractivity contribution in [2.24, 2.45) is 5.73 Å². The molecule has 3 nitrogen and oxygen atoms in total. The van der Waals surface area contributed by atoms with Crippen LogP contribution >= 0.6 is 0 Å². The molecule has 18 heavy (non-hydrogen) atoms. The molecule has 0 radical (unpaired) electrons. The molecule has 0 amide bonds. The van der Waals surface area contributed by atoms with Crippen molar-refractivity contribution in [2.75, 3.05) is 45.7 Å². The molecular weight excluding hydrogens is 229 g/mol. The first-order valence-corrected chi connectivity index (χ1v) is 6.39. The van der Waals surface area contributed by atoms with Gasteiger partial charge in [-0.15, -0.1) is 0 Å². The predicted octanol–water partition coefficient (Wildman–Crippen LogP) is 1.71. The Morgan fingerprint density at radius 3 is 2.50 bits per heavy atom. The lowest BCUT2D eigenvalue weighted by atomic mass is 10.1. The molecule has 102 valence electrons. The fourth-order valence-corrected chi connectivity index (χ4v) is 2.03. The van der Waals surface area contributed by atoms with Gasteiger partial charge in [-0.3, -0.25) is 0 Å². The number of nitrogens with zero attached hydrogens (tertiary/aromatic N) is 2. The molecule has 4 heteroatoms. The van der Waals surface area contributed by atoms with Crippen LogP contribution in [0.3, 0.4) is 0 Å². The molecule has 1 rings (SSSR count). The van der Waals surface area contributed by atoms with E-state index in [4.69, 9.17) is 5.73 Å². The third-order valence-corrected chi connectivity index (χ3v) is 2.97. The second-order valence-corrected chi connectivity index (χ2v) is 4.89. The molecule has 0 heterocycles. The number of halogens is 1. The summed E-state index contributed by atoms with van der Waals surface area (Å²) in [6.07, 6.45) is 1.80. The third-order valence-electron chi connectivity index (χ3n) is 2.97. The highest BCUT2D eigenvalue weighted by Crippen LogP contribution is 2.21. The third kappa shape index (κ3) is 4.63. The molecular formula is C14H24FN3. The minimum atomic E-state index is -0.191. The van der Waals surface area contributed by atoms with Gasteiger partial charge in [-0.2, -0.15) is 0 Å². The minimum Gasteiger partial charge on any atom is -0.374 e. The Labute approximate surface area is 109 Å². The van der Waals surface area contributed by atoms with E-state index in [9.17, 15) is 4.39 Å². The van der Waals surface area contributed by atoms with E-state index in [-0.39, 0.29) is 5.82 Å². The molecule has 0 saturated carbocycles. The van der Waals surface area contributed by atoms with Crippen molar-refractivity contribution in [1.29, 1.82) is 0 Å². The van der Waals surface area contributed by atoms with E-state index in [1.165, 1.54) is 6.07 Å². The van der Waals surface area contributed by atoms with Crippen LogP contribution in [0.5, 0.6) is 0 Å². The van der Waals surface area contributed by atoms with Crippen molar-refractivity contribution in [3.63, 3.8) is 0 Å². The summed E-state index contributed by atoms with van der Waals surface area (Å²) in [5, 5.41) is 0. The van der Waals surface area contributed by atoms with Crippen molar-refractivity contribution in [2.45, 2.75) is 12.8 Å². The smallest absolute Gasteiger partial charge is 0.123 e. The van der Waals surface area contributed by atoms with Gasteiger partial charge in [0.15, 0.2) is 0 Å². The van der Waals surface area contributed by atoms with Crippen LogP contribution in [0, 0.1) is 5.82 Å². The van der Waals surface area contributed by atoms with E-state index in [1.54, 1.807) is 6.07 Å². The molecule has 0 aromatic heterocycles. The quantitative estimate of drug-likeness (QED) is 0.803. The molecule has 0 saturated heterocycles. The van der Waals surface area contributed by atoms with Crippen molar-refractivity contribution in [3.05, 3.63) is 29.6 Å². The van der Waals surface area contributed by atoms with Gasteiger partial charge in [0, 0.05) is 19.3 Å². The number of hydrogen-bond donors (Lipinski definition) is 1. The lowest BCUT2D eigenvalue weighted by Gasteiger charge is -2.23. The Morgan fingerprint density at radius 1 is 1.17 bits per heavy atom. The second kappa shape index (κ2) is 7.34. The number of benzene rings is 1. The Kier molecular flexibility index (Phi) is 6.09. The summed E-state index contributed by atoms with van der Waals surface area (Å²) >= 11 is 0. The fraction of sp³-hybridized carbons (Fsp3) is 0.571. The fourth-order valence-electron chi connectivity index (χ4n) is 2.03. The summed E-state index contributed by atoms with van der Waals surface area (Å²) in [5.41, 5.74) is 7.65. The van der Waals surface area contributed by atoms with Gasteiger partial charge < -0.3 is 15.5 Å². The van der Waals surface area contributed by atoms with Gasteiger partial charge in [-0.05, 0) is 63.8 Å². The van der Waals surface area contributed by atoms with Crippen LogP contribution in [-0.4, -0.2) is 45.7 Å². The highest BCUT2D eigenvalue weighted by atomic mass is 19.1. The van der Waals surface area contributed by atoms with Crippen molar-refractivity contribution in [1.82, 2.24) is 4.90 Å². The van der Waals surface area contributed by atoms with Crippen molar-refractivity contribution in [3.8, 4) is 0 Å². The zero-order chi connectivity index (χ0) is 13.5. The van der Waals surface area contributed by atoms with E-state index in [1.807, 2.05) is 13.1 Å². The van der Waals surface area contributed by atoms with E-state index >= 15 is 0 Å². The summed E-state index contributed by atoms with van der Waals surface area (Å²) < 4.78 is 13.2. The van der Waals surface area contributed by atoms with Gasteiger partial charge in [0.1, 0.15) is 5.82 Å². The molecule has 0 fully saturated rings. The summed E-state index contributed by atoms with van der Waals surface area (Å²) in [7, 11) is 6.18. The normalized spacial score (nSPS) is 11.0. The Bertz CT molecular complexity index is 366. The molecule has 1 aromatic rings. The number of anilines is 1. The average molecular weight is 253 g/mol. The molecule has 0 aliphatic heterocycles. The zero-order valence-electron chi connectivity index (χ0n) is 11.6. The zero-order valence-corrected chi connectivity index (χ0v) is 11.6. The Balaban J connectivity index is 2.68. The molecule has 0 aliphatic rings. The highest BCUT2D eigenvalue weighted by Gasteiger charge is 2.08. The number of rotatable bonds is 7. The summed E-state index contributed by atoms with van der Waals surface area (Å²) in [6.45, 7) is 2.56. The summed E-state index contributed by atoms with van der Waals surface area (Å²) in [6, 6.07) is 4.94. The van der Waals surface area contributed by atoms with Crippen LogP contribution in [0.2, 0.25) is 0 Å². The summed E-state index contributed by atoms with van der Waals surface area (Å²) in [4.78, 5) is 4.34. The van der Waals surface area contributed by atoms with Gasteiger partial charge in [-0.25, -0.2) is 4.39 Å². The molecule has 2 N–H and O–H groups in total. The lowest BCUT2D eigenvalue weighted by molar-refractivity contribution is 0.401. The Morgan fingerprint density at radius 2 is 1.89 bits per heavy atom. The average Bonchev–Trinajstić information content (AvgIpc) is 2.29. The van der Waals surface area contributed by atoms with E-state index in [0.717, 1.165) is 30.8 Å². The maximum atomic E-state index is 13.2. The highest BCUT2D eigenvalue weighted by molar-refractivity contribution is 5.53. The van der Waals surface area contributed by atoms with E-state index in [2.05, 4.69) is 23.9 Å².